The van der Waals surface area contributed by atoms with Gasteiger partial charge in [-0.2, -0.15) is 0 Å². The van der Waals surface area contributed by atoms with Crippen LogP contribution in [0.25, 0.3) is 9.40 Å². The van der Waals surface area contributed by atoms with Gasteiger partial charge in [0.05, 0.1) is 17.0 Å². The molecule has 0 N–H and O–H groups in total. The number of halogens is 2. The summed E-state index contributed by atoms with van der Waals surface area (Å²) in [4.78, 5) is 0. The molecule has 0 aromatic carbocycles. The third-order valence-electron chi connectivity index (χ3n) is 5.67. The highest BCUT2D eigenvalue weighted by Gasteiger charge is 2.18. The Hall–Kier alpha value is 0.620. The summed E-state index contributed by atoms with van der Waals surface area (Å²) in [6.45, 7) is 4.58. The Bertz CT molecular complexity index is 614. The highest BCUT2D eigenvalue weighted by atomic mass is 79.9. The van der Waals surface area contributed by atoms with Crippen LogP contribution in [0.15, 0.2) is 7.57 Å². The maximum atomic E-state index is 3.88. The van der Waals surface area contributed by atoms with Gasteiger partial charge in [-0.3, -0.25) is 0 Å². The molecule has 0 radical (unpaired) electrons. The third-order valence-corrected chi connectivity index (χ3v) is 9.89. The lowest BCUT2D eigenvalue weighted by molar-refractivity contribution is 0.589. The number of aryl methyl sites for hydroxylation is 2. The van der Waals surface area contributed by atoms with E-state index in [4.69, 9.17) is 0 Å². The van der Waals surface area contributed by atoms with Gasteiger partial charge in [0.2, 0.25) is 0 Å². The van der Waals surface area contributed by atoms with E-state index in [1.807, 2.05) is 22.7 Å². The maximum Gasteiger partial charge on any atom is 0.0751 e. The molecule has 0 aliphatic carbocycles. The zero-order valence-corrected chi connectivity index (χ0v) is 22.7. The first-order valence-corrected chi connectivity index (χ1v) is 14.8. The van der Waals surface area contributed by atoms with E-state index < -0.39 is 0 Å². The van der Waals surface area contributed by atoms with Crippen LogP contribution in [0.5, 0.6) is 0 Å². The molecule has 2 heterocycles. The average Bonchev–Trinajstić information content (AvgIpc) is 3.14. The van der Waals surface area contributed by atoms with E-state index in [-0.39, 0.29) is 0 Å². The Balaban J connectivity index is 1.81. The van der Waals surface area contributed by atoms with Gasteiger partial charge in [0.15, 0.2) is 0 Å². The van der Waals surface area contributed by atoms with Gasteiger partial charge in [0, 0.05) is 0 Å². The van der Waals surface area contributed by atoms with Gasteiger partial charge in [-0.15, -0.1) is 22.7 Å². The van der Waals surface area contributed by atoms with Crippen molar-refractivity contribution in [1.29, 1.82) is 0 Å². The van der Waals surface area contributed by atoms with Crippen LogP contribution in [-0.4, -0.2) is 0 Å². The standard InChI is InChI=1S/C24H38Br2S2/c1-3-5-7-9-11-13-15-17-19-21-22(28-23(19)25)20(24(26)27-21)18-16-14-12-10-8-6-4-2/h3-18H2,1-2H3. The molecule has 0 aliphatic rings. The molecular formula is C24H38Br2S2. The molecule has 2 aromatic rings. The highest BCUT2D eigenvalue weighted by molar-refractivity contribution is 9.11. The summed E-state index contributed by atoms with van der Waals surface area (Å²) in [7, 11) is 0. The number of fused-ring (bicyclic) bond motifs is 1. The van der Waals surface area contributed by atoms with Crippen LogP contribution in [0, 0.1) is 0 Å². The molecule has 160 valence electrons. The van der Waals surface area contributed by atoms with E-state index in [0.717, 1.165) is 0 Å². The predicted molar refractivity (Wildman–Crippen MR) is 138 cm³/mol. The number of unbranched alkanes of at least 4 members (excludes halogenated alkanes) is 12. The zero-order chi connectivity index (χ0) is 20.2. The van der Waals surface area contributed by atoms with Crippen LogP contribution < -0.4 is 0 Å². The van der Waals surface area contributed by atoms with Gasteiger partial charge in [0.1, 0.15) is 0 Å². The summed E-state index contributed by atoms with van der Waals surface area (Å²) < 4.78 is 5.86. The summed E-state index contributed by atoms with van der Waals surface area (Å²) in [6.07, 6.45) is 21.9. The van der Waals surface area contributed by atoms with Gasteiger partial charge in [-0.05, 0) is 68.7 Å². The van der Waals surface area contributed by atoms with Crippen molar-refractivity contribution in [3.63, 3.8) is 0 Å². The Morgan fingerprint density at radius 1 is 0.500 bits per heavy atom. The Morgan fingerprint density at radius 3 is 1.18 bits per heavy atom. The predicted octanol–water partition coefficient (Wildman–Crippen LogP) is 11.1. The fourth-order valence-electron chi connectivity index (χ4n) is 3.91. The second-order valence-electron chi connectivity index (χ2n) is 8.11. The molecule has 28 heavy (non-hydrogen) atoms. The van der Waals surface area contributed by atoms with E-state index >= 15 is 0 Å². The van der Waals surface area contributed by atoms with Crippen molar-refractivity contribution in [2.75, 3.05) is 0 Å². The minimum atomic E-state index is 1.23. The molecular weight excluding hydrogens is 512 g/mol. The highest BCUT2D eigenvalue weighted by Crippen LogP contribution is 2.46. The Labute approximate surface area is 198 Å². The van der Waals surface area contributed by atoms with Gasteiger partial charge in [-0.25, -0.2) is 0 Å². The van der Waals surface area contributed by atoms with Crippen LogP contribution in [-0.2, 0) is 12.8 Å². The third kappa shape index (κ3) is 8.04. The lowest BCUT2D eigenvalue weighted by Crippen LogP contribution is -1.86. The minimum absolute atomic E-state index is 1.23. The molecule has 0 aliphatic heterocycles. The molecule has 0 saturated carbocycles. The largest absolute Gasteiger partial charge is 0.127 e. The first kappa shape index (κ1) is 24.9. The lowest BCUT2D eigenvalue weighted by atomic mass is 10.0. The quantitative estimate of drug-likeness (QED) is 0.182. The number of rotatable bonds is 16. The molecule has 0 spiro atoms. The number of hydrogen-bond acceptors (Lipinski definition) is 2. The second kappa shape index (κ2) is 14.6. The van der Waals surface area contributed by atoms with Crippen LogP contribution in [0.4, 0.5) is 0 Å². The van der Waals surface area contributed by atoms with Gasteiger partial charge < -0.3 is 0 Å². The molecule has 0 unspecified atom stereocenters. The van der Waals surface area contributed by atoms with Crippen molar-refractivity contribution < 1.29 is 0 Å². The van der Waals surface area contributed by atoms with Crippen molar-refractivity contribution in [2.45, 2.75) is 117 Å². The van der Waals surface area contributed by atoms with Gasteiger partial charge in [0.25, 0.3) is 0 Å². The first-order valence-electron chi connectivity index (χ1n) is 11.6. The van der Waals surface area contributed by atoms with E-state index in [0.29, 0.717) is 0 Å². The normalized spacial score (nSPS) is 11.7. The first-order chi connectivity index (χ1) is 13.7. The van der Waals surface area contributed by atoms with Gasteiger partial charge in [-0.1, -0.05) is 90.9 Å². The topological polar surface area (TPSA) is 0 Å². The monoisotopic (exact) mass is 548 g/mol. The molecule has 0 saturated heterocycles. The molecule has 4 heteroatoms. The van der Waals surface area contributed by atoms with Crippen LogP contribution in [0.1, 0.15) is 115 Å². The summed E-state index contributed by atoms with van der Waals surface area (Å²) >= 11 is 11.7. The lowest BCUT2D eigenvalue weighted by Gasteiger charge is -2.02. The molecule has 0 bridgehead atoms. The fraction of sp³-hybridized carbons (Fsp3) is 0.750. The van der Waals surface area contributed by atoms with Crippen molar-refractivity contribution in [3.05, 3.63) is 18.7 Å². The average molecular weight is 551 g/mol. The van der Waals surface area contributed by atoms with E-state index in [1.165, 1.54) is 110 Å². The maximum absolute atomic E-state index is 3.88. The molecule has 2 aromatic heterocycles. The SMILES string of the molecule is CCCCCCCCCc1c(Br)sc2c(CCCCCCCCC)c(Br)sc12. The summed E-state index contributed by atoms with van der Waals surface area (Å²) in [5.41, 5.74) is 3.15. The number of hydrogen-bond donors (Lipinski definition) is 0. The van der Waals surface area contributed by atoms with E-state index in [1.54, 1.807) is 20.5 Å². The Kier molecular flexibility index (Phi) is 13.0. The van der Waals surface area contributed by atoms with E-state index in [2.05, 4.69) is 45.7 Å². The molecule has 0 nitrogen and oxygen atoms in total. The van der Waals surface area contributed by atoms with Crippen LogP contribution in [0.2, 0.25) is 0 Å². The van der Waals surface area contributed by atoms with Crippen LogP contribution in [0.3, 0.4) is 0 Å². The number of thiophene rings is 2. The summed E-state index contributed by atoms with van der Waals surface area (Å²) in [5.74, 6) is 0. The van der Waals surface area contributed by atoms with Crippen molar-refractivity contribution in [2.24, 2.45) is 0 Å². The van der Waals surface area contributed by atoms with Crippen molar-refractivity contribution in [3.8, 4) is 0 Å². The minimum Gasteiger partial charge on any atom is -0.127 e. The smallest absolute Gasteiger partial charge is 0.0751 e. The van der Waals surface area contributed by atoms with Crippen LogP contribution >= 0.6 is 54.5 Å². The molecule has 0 fully saturated rings. The van der Waals surface area contributed by atoms with Gasteiger partial charge >= 0.3 is 0 Å². The molecule has 2 rings (SSSR count). The summed E-state index contributed by atoms with van der Waals surface area (Å²) in [6, 6.07) is 0. The molecule has 0 atom stereocenters. The van der Waals surface area contributed by atoms with Crippen molar-refractivity contribution >= 4 is 63.9 Å². The second-order valence-corrected chi connectivity index (χ2v) is 12.8. The molecule has 0 amide bonds. The van der Waals surface area contributed by atoms with Crippen molar-refractivity contribution in [1.82, 2.24) is 0 Å². The Morgan fingerprint density at radius 2 is 0.821 bits per heavy atom. The fourth-order valence-corrected chi connectivity index (χ4v) is 8.42. The summed E-state index contributed by atoms with van der Waals surface area (Å²) in [5, 5.41) is 0. The zero-order valence-electron chi connectivity index (χ0n) is 17.9. The van der Waals surface area contributed by atoms with E-state index in [9.17, 15) is 0 Å².